The highest BCUT2D eigenvalue weighted by atomic mass is 16.6. The third-order valence-corrected chi connectivity index (χ3v) is 12.8. The Bertz CT molecular complexity index is 831. The van der Waals surface area contributed by atoms with Crippen molar-refractivity contribution >= 4 is 0 Å². The molecule has 7 aliphatic rings. The van der Waals surface area contributed by atoms with Crippen LogP contribution in [0.2, 0.25) is 0 Å². The summed E-state index contributed by atoms with van der Waals surface area (Å²) in [6.45, 7) is 9.85. The van der Waals surface area contributed by atoms with Gasteiger partial charge in [0.2, 0.25) is 0 Å². The van der Waals surface area contributed by atoms with E-state index in [1.807, 2.05) is 0 Å². The number of rotatable bonds is 1. The van der Waals surface area contributed by atoms with E-state index in [2.05, 4.69) is 13.8 Å². The molecule has 0 aromatic carbocycles. The molecule has 7 rings (SSSR count). The predicted octanol–water partition coefficient (Wildman–Crippen LogP) is 7.44. The van der Waals surface area contributed by atoms with E-state index < -0.39 is 0 Å². The maximum Gasteiger partial charge on any atom is 0.0957 e. The highest BCUT2D eigenvalue weighted by Crippen LogP contribution is 2.70. The van der Waals surface area contributed by atoms with E-state index in [1.165, 1.54) is 89.9 Å². The summed E-state index contributed by atoms with van der Waals surface area (Å²) in [5.74, 6) is 4.61. The fourth-order valence-corrected chi connectivity index (χ4v) is 11.5. The molecule has 0 aromatic rings. The molecule has 2 spiro atoms. The number of hydrogen-bond acceptors (Lipinski definition) is 2. The van der Waals surface area contributed by atoms with Crippen LogP contribution >= 0.6 is 0 Å². The Balaban J connectivity index is 1.14. The van der Waals surface area contributed by atoms with Crippen molar-refractivity contribution < 1.29 is 9.84 Å². The average molecular weight is 453 g/mol. The van der Waals surface area contributed by atoms with Gasteiger partial charge in [0.15, 0.2) is 0 Å². The molecule has 6 saturated carbocycles. The molecular formula is C31H48O2. The van der Waals surface area contributed by atoms with Crippen LogP contribution in [0.5, 0.6) is 0 Å². The van der Waals surface area contributed by atoms with Crippen molar-refractivity contribution in [2.45, 2.75) is 134 Å². The van der Waals surface area contributed by atoms with Crippen LogP contribution in [0.4, 0.5) is 0 Å². The van der Waals surface area contributed by atoms with Crippen LogP contribution in [0.1, 0.15) is 117 Å². The lowest BCUT2D eigenvalue weighted by molar-refractivity contribution is -0.0985. The fourth-order valence-electron chi connectivity index (χ4n) is 11.5. The van der Waals surface area contributed by atoms with Crippen LogP contribution in [0, 0.1) is 46.3 Å². The number of fused-ring (bicyclic) bond motifs is 5. The molecule has 10 atom stereocenters. The minimum Gasteiger partial charge on any atom is -0.390 e. The van der Waals surface area contributed by atoms with Gasteiger partial charge in [-0.15, -0.1) is 0 Å². The van der Waals surface area contributed by atoms with Crippen molar-refractivity contribution in [1.29, 1.82) is 0 Å². The maximum atomic E-state index is 11.5. The van der Waals surface area contributed by atoms with Gasteiger partial charge < -0.3 is 9.84 Å². The van der Waals surface area contributed by atoms with E-state index in [1.54, 1.807) is 5.57 Å². The molecular weight excluding hydrogens is 404 g/mol. The minimum absolute atomic E-state index is 0.220. The second kappa shape index (κ2) is 7.12. The summed E-state index contributed by atoms with van der Waals surface area (Å²) in [5, 5.41) is 11.5. The summed E-state index contributed by atoms with van der Waals surface area (Å²) in [6, 6.07) is 0. The topological polar surface area (TPSA) is 32.8 Å². The highest BCUT2D eigenvalue weighted by Gasteiger charge is 2.70. The molecule has 33 heavy (non-hydrogen) atoms. The summed E-state index contributed by atoms with van der Waals surface area (Å²) in [6.07, 6.45) is 21.3. The van der Waals surface area contributed by atoms with Gasteiger partial charge >= 0.3 is 0 Å². The Kier molecular flexibility index (Phi) is 4.72. The Morgan fingerprint density at radius 2 is 1.67 bits per heavy atom. The normalized spacial score (nSPS) is 57.1. The molecule has 0 aromatic heterocycles. The maximum absolute atomic E-state index is 11.5. The Morgan fingerprint density at radius 3 is 2.52 bits per heavy atom. The van der Waals surface area contributed by atoms with Crippen LogP contribution in [0.3, 0.4) is 0 Å². The molecule has 2 nitrogen and oxygen atoms in total. The monoisotopic (exact) mass is 452 g/mol. The molecule has 2 bridgehead atoms. The molecule has 7 fully saturated rings. The van der Waals surface area contributed by atoms with Crippen molar-refractivity contribution in [3.05, 3.63) is 12.2 Å². The van der Waals surface area contributed by atoms with Crippen molar-refractivity contribution in [1.82, 2.24) is 0 Å². The first-order valence-corrected chi connectivity index (χ1v) is 14.8. The Hall–Kier alpha value is -0.340. The lowest BCUT2D eigenvalue weighted by atomic mass is 9.48. The molecule has 0 radical (unpaired) electrons. The lowest BCUT2D eigenvalue weighted by Gasteiger charge is -2.57. The van der Waals surface area contributed by atoms with Crippen LogP contribution < -0.4 is 0 Å². The van der Waals surface area contributed by atoms with E-state index in [9.17, 15) is 5.11 Å². The smallest absolute Gasteiger partial charge is 0.0957 e. The average Bonchev–Trinajstić information content (AvgIpc) is 3.28. The summed E-state index contributed by atoms with van der Waals surface area (Å²) >= 11 is 0. The second-order valence-corrected chi connectivity index (χ2v) is 15.0. The highest BCUT2D eigenvalue weighted by molar-refractivity contribution is 5.25. The molecule has 1 heterocycles. The standard InChI is InChI=1S/C31H48O2/c1-20-15-29(14-11-22(16-29)21-9-10-24-8-4-5-12-30(24,32)17-21)27-31(33-27)13-6-7-23(18-31)26-25(20)19-28(26,2)3/h21-27,32H,1,4-19H2,2-3H3. The van der Waals surface area contributed by atoms with E-state index in [4.69, 9.17) is 11.3 Å². The van der Waals surface area contributed by atoms with Crippen molar-refractivity contribution in [3.63, 3.8) is 0 Å². The van der Waals surface area contributed by atoms with E-state index in [-0.39, 0.29) is 11.2 Å². The molecule has 6 aliphatic carbocycles. The van der Waals surface area contributed by atoms with E-state index >= 15 is 0 Å². The van der Waals surface area contributed by atoms with Gasteiger partial charge in [0.1, 0.15) is 0 Å². The van der Waals surface area contributed by atoms with Gasteiger partial charge in [-0.25, -0.2) is 0 Å². The Morgan fingerprint density at radius 1 is 0.818 bits per heavy atom. The molecule has 1 aliphatic heterocycles. The van der Waals surface area contributed by atoms with E-state index in [0.29, 0.717) is 22.9 Å². The zero-order valence-electron chi connectivity index (χ0n) is 21.4. The number of aliphatic hydroxyl groups is 1. The summed E-state index contributed by atoms with van der Waals surface area (Å²) < 4.78 is 6.86. The third kappa shape index (κ3) is 3.18. The van der Waals surface area contributed by atoms with Gasteiger partial charge in [0.05, 0.1) is 17.3 Å². The molecule has 10 unspecified atom stereocenters. The third-order valence-electron chi connectivity index (χ3n) is 12.8. The zero-order chi connectivity index (χ0) is 22.6. The first-order chi connectivity index (χ1) is 15.7. The predicted molar refractivity (Wildman–Crippen MR) is 133 cm³/mol. The molecule has 1 N–H and O–H groups in total. The fraction of sp³-hybridized carbons (Fsp3) is 0.935. The molecule has 184 valence electrons. The van der Waals surface area contributed by atoms with Crippen molar-refractivity contribution in [2.75, 3.05) is 0 Å². The van der Waals surface area contributed by atoms with Crippen LogP contribution in [0.15, 0.2) is 12.2 Å². The van der Waals surface area contributed by atoms with Gasteiger partial charge in [-0.1, -0.05) is 45.3 Å². The lowest BCUT2D eigenvalue weighted by Crippen LogP contribution is -2.50. The molecule has 1 saturated heterocycles. The quantitative estimate of drug-likeness (QED) is 0.331. The number of epoxide rings is 1. The van der Waals surface area contributed by atoms with Crippen molar-refractivity contribution in [3.8, 4) is 0 Å². The van der Waals surface area contributed by atoms with Gasteiger partial charge in [0.25, 0.3) is 0 Å². The largest absolute Gasteiger partial charge is 0.390 e. The summed E-state index contributed by atoms with van der Waals surface area (Å²) in [4.78, 5) is 0. The van der Waals surface area contributed by atoms with Crippen LogP contribution in [0.25, 0.3) is 0 Å². The molecule has 0 amide bonds. The SMILES string of the molecule is C=C1CC2(CCC(C3CCC4CCCCC4(O)C3)C2)C2OC23CCCC(C3)C2C1CC2(C)C. The van der Waals surface area contributed by atoms with Gasteiger partial charge in [0, 0.05) is 5.41 Å². The Labute approximate surface area is 202 Å². The number of allylic oxidation sites excluding steroid dienone is 1. The minimum atomic E-state index is -0.336. The van der Waals surface area contributed by atoms with Crippen molar-refractivity contribution in [2.24, 2.45) is 46.3 Å². The van der Waals surface area contributed by atoms with Crippen LogP contribution in [-0.4, -0.2) is 22.4 Å². The summed E-state index contributed by atoms with van der Waals surface area (Å²) in [5.41, 5.74) is 2.32. The first kappa shape index (κ1) is 21.9. The molecule has 2 heteroatoms. The number of hydrogen-bond donors (Lipinski definition) is 1. The van der Waals surface area contributed by atoms with Crippen LogP contribution in [-0.2, 0) is 4.74 Å². The van der Waals surface area contributed by atoms with Gasteiger partial charge in [-0.3, -0.25) is 0 Å². The van der Waals surface area contributed by atoms with Gasteiger partial charge in [-0.2, -0.15) is 0 Å². The zero-order valence-corrected chi connectivity index (χ0v) is 21.4. The van der Waals surface area contributed by atoms with E-state index in [0.717, 1.165) is 42.4 Å². The number of ether oxygens (including phenoxy) is 1. The first-order valence-electron chi connectivity index (χ1n) is 14.8. The second-order valence-electron chi connectivity index (χ2n) is 15.0. The van der Waals surface area contributed by atoms with Gasteiger partial charge in [-0.05, 0) is 124 Å². The summed E-state index contributed by atoms with van der Waals surface area (Å²) in [7, 11) is 0.